The Morgan fingerprint density at radius 1 is 1.14 bits per heavy atom. The van der Waals surface area contributed by atoms with E-state index in [1.165, 1.54) is 23.6 Å². The van der Waals surface area contributed by atoms with Gasteiger partial charge in [-0.15, -0.1) is 0 Å². The highest BCUT2D eigenvalue weighted by molar-refractivity contribution is 7.89. The number of piperazine rings is 1. The van der Waals surface area contributed by atoms with Gasteiger partial charge in [0.25, 0.3) is 0 Å². The van der Waals surface area contributed by atoms with Crippen LogP contribution >= 0.6 is 0 Å². The van der Waals surface area contributed by atoms with E-state index >= 15 is 0 Å². The number of halogens is 3. The summed E-state index contributed by atoms with van der Waals surface area (Å²) in [6.07, 6.45) is -1.10. The van der Waals surface area contributed by atoms with Gasteiger partial charge in [0.1, 0.15) is 0 Å². The van der Waals surface area contributed by atoms with Crippen molar-refractivity contribution in [3.8, 4) is 0 Å². The van der Waals surface area contributed by atoms with Crippen LogP contribution in [0, 0.1) is 5.92 Å². The molecule has 0 bridgehead atoms. The summed E-state index contributed by atoms with van der Waals surface area (Å²) in [5, 5.41) is 9.74. The van der Waals surface area contributed by atoms with Gasteiger partial charge in [-0.3, -0.25) is 0 Å². The number of hydrogen-bond donors (Lipinski definition) is 1. The molecule has 2 fully saturated rings. The number of sulfonamides is 1. The van der Waals surface area contributed by atoms with Gasteiger partial charge in [0.05, 0.1) is 4.90 Å². The predicted octanol–water partition coefficient (Wildman–Crippen LogP) is 2.95. The van der Waals surface area contributed by atoms with Crippen molar-refractivity contribution in [2.75, 3.05) is 26.2 Å². The van der Waals surface area contributed by atoms with Crippen LogP contribution in [0.15, 0.2) is 29.2 Å². The van der Waals surface area contributed by atoms with Crippen molar-refractivity contribution in [1.82, 2.24) is 9.21 Å². The second-order valence-electron chi connectivity index (χ2n) is 8.12. The zero-order valence-electron chi connectivity index (χ0n) is 16.1. The molecule has 1 aliphatic heterocycles. The number of hydrogen-bond acceptors (Lipinski definition) is 4. The number of alkyl halides is 3. The molecule has 0 spiro atoms. The van der Waals surface area contributed by atoms with Gasteiger partial charge in [-0.1, -0.05) is 18.6 Å². The number of nitrogens with zero attached hydrogens (tertiary/aromatic N) is 2. The fourth-order valence-corrected chi connectivity index (χ4v) is 5.44. The van der Waals surface area contributed by atoms with Gasteiger partial charge >= 0.3 is 6.18 Å². The van der Waals surface area contributed by atoms with Crippen molar-refractivity contribution in [2.24, 2.45) is 5.92 Å². The fourth-order valence-electron chi connectivity index (χ4n) is 3.83. The quantitative estimate of drug-likeness (QED) is 0.796. The lowest BCUT2D eigenvalue weighted by atomic mass is 9.85. The van der Waals surface area contributed by atoms with Crippen molar-refractivity contribution in [3.63, 3.8) is 0 Å². The monoisotopic (exact) mass is 420 g/mol. The molecular formula is C19H27F3N2O3S. The van der Waals surface area contributed by atoms with Crippen LogP contribution < -0.4 is 0 Å². The highest BCUT2D eigenvalue weighted by Crippen LogP contribution is 2.38. The minimum absolute atomic E-state index is 0.0616. The Kier molecular flexibility index (Phi) is 5.84. The second kappa shape index (κ2) is 7.59. The predicted molar refractivity (Wildman–Crippen MR) is 99.2 cm³/mol. The minimum Gasteiger partial charge on any atom is -0.376 e. The largest absolute Gasteiger partial charge is 0.421 e. The molecule has 1 aromatic carbocycles. The first-order valence-electron chi connectivity index (χ1n) is 9.57. The minimum atomic E-state index is -4.85. The third kappa shape index (κ3) is 4.08. The zero-order chi connectivity index (χ0) is 20.7. The lowest BCUT2D eigenvalue weighted by molar-refractivity contribution is -0.258. The second-order valence-corrected chi connectivity index (χ2v) is 10.0. The van der Waals surface area contributed by atoms with E-state index in [1.54, 1.807) is 0 Å². The van der Waals surface area contributed by atoms with Gasteiger partial charge in [0.15, 0.2) is 5.60 Å². The van der Waals surface area contributed by atoms with Crippen LogP contribution in [0.3, 0.4) is 0 Å². The summed E-state index contributed by atoms with van der Waals surface area (Å²) < 4.78 is 66.3. The Hall–Kier alpha value is -1.16. The maximum Gasteiger partial charge on any atom is 0.421 e. The Balaban J connectivity index is 1.72. The third-order valence-corrected chi connectivity index (χ3v) is 7.99. The zero-order valence-corrected chi connectivity index (χ0v) is 16.9. The summed E-state index contributed by atoms with van der Waals surface area (Å²) in [6, 6.07) is 4.11. The van der Waals surface area contributed by atoms with Gasteiger partial charge in [-0.05, 0) is 50.3 Å². The summed E-state index contributed by atoms with van der Waals surface area (Å²) in [4.78, 5) is 2.23. The molecule has 1 heterocycles. The molecule has 2 aliphatic rings. The Bertz CT molecular complexity index is 790. The first-order valence-corrected chi connectivity index (χ1v) is 11.0. The molecule has 2 atom stereocenters. The van der Waals surface area contributed by atoms with E-state index in [4.69, 9.17) is 0 Å². The Morgan fingerprint density at radius 2 is 1.75 bits per heavy atom. The average Bonchev–Trinajstić information content (AvgIpc) is 2.57. The molecule has 0 amide bonds. The van der Waals surface area contributed by atoms with E-state index in [9.17, 15) is 26.7 Å². The van der Waals surface area contributed by atoms with Crippen molar-refractivity contribution in [3.05, 3.63) is 29.8 Å². The summed E-state index contributed by atoms with van der Waals surface area (Å²) in [7, 11) is -3.81. The topological polar surface area (TPSA) is 60.9 Å². The smallest absolute Gasteiger partial charge is 0.376 e. The van der Waals surface area contributed by atoms with Crippen LogP contribution in [0.25, 0.3) is 0 Å². The Morgan fingerprint density at radius 3 is 2.21 bits per heavy atom. The maximum absolute atomic E-state index is 13.0. The average molecular weight is 420 g/mol. The molecule has 158 valence electrons. The SMILES string of the molecule is CC1CN(CC2CCC2)CCN1S(=O)(=O)c1ccc([C@](C)(O)C(F)(F)F)cc1. The van der Waals surface area contributed by atoms with Crippen LogP contribution in [0.4, 0.5) is 13.2 Å². The van der Waals surface area contributed by atoms with Gasteiger partial charge in [-0.2, -0.15) is 17.5 Å². The van der Waals surface area contributed by atoms with Crippen molar-refractivity contribution in [2.45, 2.75) is 55.8 Å². The summed E-state index contributed by atoms with van der Waals surface area (Å²) in [6.45, 7) is 5.17. The van der Waals surface area contributed by atoms with E-state index in [-0.39, 0.29) is 10.9 Å². The first kappa shape index (κ1) is 21.5. The van der Waals surface area contributed by atoms with Crippen LogP contribution in [0.1, 0.15) is 38.7 Å². The van der Waals surface area contributed by atoms with Crippen LogP contribution in [-0.2, 0) is 15.6 Å². The number of benzene rings is 1. The summed E-state index contributed by atoms with van der Waals surface area (Å²) >= 11 is 0. The lowest BCUT2D eigenvalue weighted by Gasteiger charge is -2.41. The van der Waals surface area contributed by atoms with Gasteiger partial charge in [0, 0.05) is 32.2 Å². The molecule has 3 rings (SSSR count). The Labute approximate surface area is 164 Å². The molecule has 5 nitrogen and oxygen atoms in total. The van der Waals surface area contributed by atoms with Crippen molar-refractivity contribution in [1.29, 1.82) is 0 Å². The molecule has 1 saturated heterocycles. The highest BCUT2D eigenvalue weighted by atomic mass is 32.2. The molecule has 1 saturated carbocycles. The van der Waals surface area contributed by atoms with Gasteiger partial charge < -0.3 is 10.0 Å². The number of aliphatic hydroxyl groups is 1. The third-order valence-electron chi connectivity index (χ3n) is 5.97. The normalized spacial score (nSPS) is 25.3. The molecular weight excluding hydrogens is 393 g/mol. The lowest BCUT2D eigenvalue weighted by Crippen LogP contribution is -2.54. The number of rotatable bonds is 5. The summed E-state index contributed by atoms with van der Waals surface area (Å²) in [5.41, 5.74) is -3.42. The molecule has 0 radical (unpaired) electrons. The van der Waals surface area contributed by atoms with E-state index < -0.39 is 27.4 Å². The molecule has 28 heavy (non-hydrogen) atoms. The van der Waals surface area contributed by atoms with E-state index in [1.807, 2.05) is 6.92 Å². The molecule has 1 unspecified atom stereocenters. The fraction of sp³-hybridized carbons (Fsp3) is 0.684. The molecule has 0 aromatic heterocycles. The van der Waals surface area contributed by atoms with Crippen LogP contribution in [0.2, 0.25) is 0 Å². The van der Waals surface area contributed by atoms with E-state index in [0.29, 0.717) is 32.5 Å². The molecule has 1 aromatic rings. The standard InChI is InChI=1S/C19H27F3N2O3S/c1-14-12-23(13-15-4-3-5-15)10-11-24(14)28(26,27)17-8-6-16(7-9-17)18(2,25)19(20,21)22/h6-9,14-15,25H,3-5,10-13H2,1-2H3/t14?,18-/m0/s1. The molecule has 1 N–H and O–H groups in total. The van der Waals surface area contributed by atoms with E-state index in [2.05, 4.69) is 4.90 Å². The molecule has 1 aliphatic carbocycles. The van der Waals surface area contributed by atoms with Gasteiger partial charge in [0.2, 0.25) is 10.0 Å². The van der Waals surface area contributed by atoms with E-state index in [0.717, 1.165) is 30.8 Å². The molecule has 9 heteroatoms. The van der Waals surface area contributed by atoms with Crippen LogP contribution in [0.5, 0.6) is 0 Å². The van der Waals surface area contributed by atoms with Gasteiger partial charge in [-0.25, -0.2) is 8.42 Å². The van der Waals surface area contributed by atoms with Crippen molar-refractivity contribution >= 4 is 10.0 Å². The first-order chi connectivity index (χ1) is 12.9. The summed E-state index contributed by atoms with van der Waals surface area (Å²) in [5.74, 6) is 0.712. The van der Waals surface area contributed by atoms with Crippen LogP contribution in [-0.4, -0.2) is 61.1 Å². The maximum atomic E-state index is 13.0. The highest BCUT2D eigenvalue weighted by Gasteiger charge is 2.51. The van der Waals surface area contributed by atoms with Crippen molar-refractivity contribution < 1.29 is 26.7 Å².